The fourth-order valence-corrected chi connectivity index (χ4v) is 6.44. The molecule has 0 spiro atoms. The molecule has 0 N–H and O–H groups in total. The van der Waals surface area contributed by atoms with E-state index in [1.54, 1.807) is 25.1 Å². The summed E-state index contributed by atoms with van der Waals surface area (Å²) in [5.74, 6) is 0.985. The number of fused-ring (bicyclic) bond motifs is 1. The first-order valence-electron chi connectivity index (χ1n) is 14.3. The van der Waals surface area contributed by atoms with Crippen molar-refractivity contribution in [2.75, 3.05) is 26.3 Å². The van der Waals surface area contributed by atoms with Crippen LogP contribution in [0.15, 0.2) is 42.5 Å². The molecule has 2 aliphatic heterocycles. The second kappa shape index (κ2) is 12.6. The molecule has 218 valence electrons. The van der Waals surface area contributed by atoms with Gasteiger partial charge in [0.2, 0.25) is 5.88 Å². The van der Waals surface area contributed by atoms with Crippen LogP contribution in [0, 0.1) is 17.1 Å². The van der Waals surface area contributed by atoms with Crippen molar-refractivity contribution in [3.63, 3.8) is 0 Å². The van der Waals surface area contributed by atoms with Gasteiger partial charge >= 0.3 is 5.97 Å². The number of nitrogens with zero attached hydrogens (tertiary/aromatic N) is 5. The van der Waals surface area contributed by atoms with E-state index in [-0.39, 0.29) is 24.2 Å². The lowest BCUT2D eigenvalue weighted by atomic mass is 9.93. The number of ether oxygens (including phenoxy) is 3. The van der Waals surface area contributed by atoms with Gasteiger partial charge in [0.15, 0.2) is 0 Å². The number of esters is 1. The van der Waals surface area contributed by atoms with Crippen LogP contribution in [-0.4, -0.2) is 57.8 Å². The van der Waals surface area contributed by atoms with Gasteiger partial charge in [-0.25, -0.2) is 19.2 Å². The molecule has 0 radical (unpaired) electrons. The Morgan fingerprint density at radius 3 is 2.74 bits per heavy atom. The quantitative estimate of drug-likeness (QED) is 0.226. The smallest absolute Gasteiger partial charge is 0.348 e. The van der Waals surface area contributed by atoms with Crippen molar-refractivity contribution < 1.29 is 23.4 Å². The third-order valence-electron chi connectivity index (χ3n) is 7.83. The predicted octanol–water partition coefficient (Wildman–Crippen LogP) is 5.43. The number of halogens is 1. The number of carbonyl (C=O) groups excluding carboxylic acids is 1. The van der Waals surface area contributed by atoms with Gasteiger partial charge in [-0.05, 0) is 63.5 Å². The molecule has 2 saturated heterocycles. The summed E-state index contributed by atoms with van der Waals surface area (Å²) in [7, 11) is 0. The molecule has 1 unspecified atom stereocenters. The van der Waals surface area contributed by atoms with Crippen molar-refractivity contribution in [2.45, 2.75) is 57.9 Å². The molecule has 1 atom stereocenters. The topological polar surface area (TPSA) is 102 Å². The number of hydrogen-bond donors (Lipinski definition) is 0. The van der Waals surface area contributed by atoms with Gasteiger partial charge < -0.3 is 18.8 Å². The fraction of sp³-hybridized carbons (Fsp3) is 0.419. The zero-order valence-electron chi connectivity index (χ0n) is 23.4. The Bertz CT molecular complexity index is 1620. The van der Waals surface area contributed by atoms with Crippen LogP contribution in [0.1, 0.15) is 64.4 Å². The monoisotopic (exact) mass is 589 g/mol. The summed E-state index contributed by atoms with van der Waals surface area (Å²) in [6.45, 7) is 6.25. The second-order valence-electron chi connectivity index (χ2n) is 10.6. The molecule has 9 nitrogen and oxygen atoms in total. The van der Waals surface area contributed by atoms with Crippen molar-refractivity contribution in [3.8, 4) is 11.9 Å². The molecule has 0 saturated carbocycles. The molecular formula is C31H32FN5O4S. The molecular weight excluding hydrogens is 557 g/mol. The molecule has 3 aromatic heterocycles. The Morgan fingerprint density at radius 1 is 1.19 bits per heavy atom. The fourth-order valence-electron chi connectivity index (χ4n) is 5.42. The Balaban J connectivity index is 1.09. The minimum Gasteiger partial charge on any atom is -0.473 e. The average molecular weight is 590 g/mol. The number of pyridine rings is 1. The van der Waals surface area contributed by atoms with Gasteiger partial charge in [-0.1, -0.05) is 12.1 Å². The van der Waals surface area contributed by atoms with Gasteiger partial charge in [0.25, 0.3) is 0 Å². The van der Waals surface area contributed by atoms with E-state index in [0.29, 0.717) is 28.8 Å². The summed E-state index contributed by atoms with van der Waals surface area (Å²) in [6.07, 6.45) is 3.11. The maximum atomic E-state index is 14.2. The average Bonchev–Trinajstić information content (AvgIpc) is 3.53. The molecule has 2 aliphatic rings. The highest BCUT2D eigenvalue weighted by Crippen LogP contribution is 2.32. The van der Waals surface area contributed by atoms with Crippen molar-refractivity contribution in [3.05, 3.63) is 75.8 Å². The van der Waals surface area contributed by atoms with Crippen LogP contribution >= 0.6 is 11.3 Å². The Hall–Kier alpha value is -3.85. The number of hydrogen-bond acceptors (Lipinski definition) is 9. The van der Waals surface area contributed by atoms with E-state index in [4.69, 9.17) is 29.4 Å². The van der Waals surface area contributed by atoms with Gasteiger partial charge in [-0.3, -0.25) is 4.90 Å². The van der Waals surface area contributed by atoms with Crippen LogP contribution in [0.5, 0.6) is 5.88 Å². The third kappa shape index (κ3) is 6.16. The number of aromatic nitrogens is 3. The molecule has 42 heavy (non-hydrogen) atoms. The minimum absolute atomic E-state index is 0.0454. The lowest BCUT2D eigenvalue weighted by molar-refractivity contribution is -0.0591. The molecule has 6 rings (SSSR count). The lowest BCUT2D eigenvalue weighted by Crippen LogP contribution is -2.35. The maximum absolute atomic E-state index is 14.2. The zero-order valence-corrected chi connectivity index (χ0v) is 24.2. The predicted molar refractivity (Wildman–Crippen MR) is 155 cm³/mol. The van der Waals surface area contributed by atoms with E-state index in [0.717, 1.165) is 73.9 Å². The van der Waals surface area contributed by atoms with Gasteiger partial charge in [-0.15, -0.1) is 11.3 Å². The highest BCUT2D eigenvalue weighted by molar-refractivity contribution is 7.20. The van der Waals surface area contributed by atoms with Crippen LogP contribution in [0.2, 0.25) is 0 Å². The molecule has 0 bridgehead atoms. The first-order chi connectivity index (χ1) is 20.5. The van der Waals surface area contributed by atoms with Crippen molar-refractivity contribution in [1.29, 1.82) is 5.26 Å². The highest BCUT2D eigenvalue weighted by atomic mass is 32.1. The van der Waals surface area contributed by atoms with Crippen molar-refractivity contribution >= 4 is 27.7 Å². The van der Waals surface area contributed by atoms with Crippen molar-refractivity contribution in [1.82, 2.24) is 19.4 Å². The standard InChI is InChI=1S/C31H32FN5O4S/c1-2-39-31(38)27-15-26-30(42-27)37(17-23-10-13-40-23)28(34-26)18-36-11-8-21(9-12-36)25-4-3-5-29(35-25)41-19-22-7-6-20(16-33)14-24(22)32/h3-7,14-15,21,23H,2,8-13,17-19H2,1H3. The first kappa shape index (κ1) is 28.3. The first-order valence-corrected chi connectivity index (χ1v) is 15.1. The van der Waals surface area contributed by atoms with E-state index in [1.807, 2.05) is 24.3 Å². The zero-order chi connectivity index (χ0) is 29.1. The number of carbonyl (C=O) groups is 1. The Labute approximate surface area is 247 Å². The van der Waals surface area contributed by atoms with Crippen LogP contribution in [0.3, 0.4) is 0 Å². The van der Waals surface area contributed by atoms with Gasteiger partial charge in [0.1, 0.15) is 33.5 Å². The van der Waals surface area contributed by atoms with E-state index in [2.05, 4.69) is 9.47 Å². The molecule has 0 amide bonds. The number of imidazole rings is 1. The normalized spacial score (nSPS) is 17.6. The second-order valence-corrected chi connectivity index (χ2v) is 11.6. The van der Waals surface area contributed by atoms with Crippen LogP contribution in [0.4, 0.5) is 4.39 Å². The number of benzene rings is 1. The minimum atomic E-state index is -0.460. The van der Waals surface area contributed by atoms with E-state index >= 15 is 0 Å². The van der Waals surface area contributed by atoms with Gasteiger partial charge in [-0.2, -0.15) is 5.26 Å². The summed E-state index contributed by atoms with van der Waals surface area (Å²) in [6, 6.07) is 13.9. The lowest BCUT2D eigenvalue weighted by Gasteiger charge is -2.32. The SMILES string of the molecule is CCOC(=O)c1cc2nc(CN3CCC(c4cccc(OCc5ccc(C#N)cc5F)n4)CC3)n(CC3CCO3)c2s1. The molecule has 1 aromatic carbocycles. The summed E-state index contributed by atoms with van der Waals surface area (Å²) < 4.78 is 33.2. The summed E-state index contributed by atoms with van der Waals surface area (Å²) in [5.41, 5.74) is 2.47. The van der Waals surface area contributed by atoms with Gasteiger partial charge in [0, 0.05) is 29.8 Å². The molecule has 2 fully saturated rings. The summed E-state index contributed by atoms with van der Waals surface area (Å²) >= 11 is 1.43. The summed E-state index contributed by atoms with van der Waals surface area (Å²) in [5, 5.41) is 8.94. The third-order valence-corrected chi connectivity index (χ3v) is 8.96. The van der Waals surface area contributed by atoms with Crippen LogP contribution in [0.25, 0.3) is 10.3 Å². The van der Waals surface area contributed by atoms with Gasteiger partial charge in [0.05, 0.1) is 37.4 Å². The van der Waals surface area contributed by atoms with E-state index in [1.165, 1.54) is 17.4 Å². The highest BCUT2D eigenvalue weighted by Gasteiger charge is 2.27. The molecule has 4 aromatic rings. The van der Waals surface area contributed by atoms with E-state index < -0.39 is 5.82 Å². The summed E-state index contributed by atoms with van der Waals surface area (Å²) in [4.78, 5) is 25.9. The van der Waals surface area contributed by atoms with Crippen molar-refractivity contribution in [2.24, 2.45) is 0 Å². The number of thiophene rings is 1. The van der Waals surface area contributed by atoms with Crippen LogP contribution in [-0.2, 0) is 29.2 Å². The largest absolute Gasteiger partial charge is 0.473 e. The molecule has 5 heterocycles. The van der Waals surface area contributed by atoms with E-state index in [9.17, 15) is 9.18 Å². The Morgan fingerprint density at radius 2 is 2.02 bits per heavy atom. The maximum Gasteiger partial charge on any atom is 0.348 e. The number of rotatable bonds is 10. The Kier molecular flexibility index (Phi) is 8.46. The van der Waals surface area contributed by atoms with Crippen LogP contribution < -0.4 is 4.74 Å². The molecule has 0 aliphatic carbocycles. The number of piperidine rings is 1. The number of likely N-dealkylation sites (tertiary alicyclic amines) is 1. The molecule has 11 heteroatoms. The number of nitriles is 1.